The average Bonchev–Trinajstić information content (AvgIpc) is 3.24. The first-order chi connectivity index (χ1) is 15.1. The van der Waals surface area contributed by atoms with Crippen LogP contribution in [-0.4, -0.2) is 64.4 Å². The van der Waals surface area contributed by atoms with E-state index in [1.165, 1.54) is 30.3 Å². The maximum absolute atomic E-state index is 13.3. The van der Waals surface area contributed by atoms with Gasteiger partial charge < -0.3 is 15.2 Å². The van der Waals surface area contributed by atoms with E-state index >= 15 is 0 Å². The zero-order chi connectivity index (χ0) is 21.4. The molecule has 3 fully saturated rings. The molecule has 1 aliphatic heterocycles. The fourth-order valence-electron chi connectivity index (χ4n) is 5.62. The lowest BCUT2D eigenvalue weighted by molar-refractivity contribution is 0.0364. The van der Waals surface area contributed by atoms with Crippen molar-refractivity contribution in [2.45, 2.75) is 51.1 Å². The van der Waals surface area contributed by atoms with Crippen LogP contribution in [0.3, 0.4) is 0 Å². The molecule has 8 heteroatoms. The first-order valence-electron chi connectivity index (χ1n) is 11.4. The van der Waals surface area contributed by atoms with E-state index in [1.807, 2.05) is 0 Å². The Morgan fingerprint density at radius 2 is 1.97 bits per heavy atom. The lowest BCUT2D eigenvalue weighted by atomic mass is 9.64. The molecule has 2 saturated carbocycles. The van der Waals surface area contributed by atoms with Gasteiger partial charge in [-0.25, -0.2) is 4.98 Å². The molecule has 3 aliphatic rings. The number of aromatic nitrogens is 2. The Balaban J connectivity index is 1.40. The molecule has 0 bridgehead atoms. The highest BCUT2D eigenvalue weighted by Crippen LogP contribution is 2.53. The average molecular weight is 427 g/mol. The number of carbonyl (C=O) groups is 1. The molecule has 0 unspecified atom stereocenters. The van der Waals surface area contributed by atoms with E-state index in [1.54, 1.807) is 18.3 Å². The van der Waals surface area contributed by atoms with E-state index in [2.05, 4.69) is 15.2 Å². The number of rotatable bonds is 5. The summed E-state index contributed by atoms with van der Waals surface area (Å²) >= 11 is 0. The molecule has 2 aromatic rings. The molecule has 2 aliphatic carbocycles. The fourth-order valence-corrected chi connectivity index (χ4v) is 5.62. The second-order valence-corrected chi connectivity index (χ2v) is 9.29. The minimum Gasteiger partial charge on any atom is -0.506 e. The highest BCUT2D eigenvalue weighted by Gasteiger charge is 2.46. The van der Waals surface area contributed by atoms with E-state index in [-0.39, 0.29) is 17.4 Å². The minimum absolute atomic E-state index is 0.0794. The Kier molecular flexibility index (Phi) is 5.44. The maximum Gasteiger partial charge on any atom is 0.268 e. The number of hydrogen-bond donors (Lipinski definition) is 2. The van der Waals surface area contributed by atoms with Crippen LogP contribution in [0.5, 0.6) is 5.75 Å². The molecule has 0 aromatic carbocycles. The third-order valence-electron chi connectivity index (χ3n) is 7.32. The second-order valence-electron chi connectivity index (χ2n) is 9.29. The number of ether oxygens (including phenoxy) is 1. The van der Waals surface area contributed by atoms with Gasteiger partial charge in [0.2, 0.25) is 0 Å². The van der Waals surface area contributed by atoms with Crippen LogP contribution in [0, 0.1) is 5.41 Å². The summed E-state index contributed by atoms with van der Waals surface area (Å²) in [6.07, 6.45) is 8.56. The Morgan fingerprint density at radius 3 is 2.71 bits per heavy atom. The zero-order valence-corrected chi connectivity index (χ0v) is 17.8. The van der Waals surface area contributed by atoms with Crippen LogP contribution in [0.1, 0.15) is 48.9 Å². The van der Waals surface area contributed by atoms with Gasteiger partial charge in [-0.2, -0.15) is 0 Å². The number of pyridine rings is 2. The van der Waals surface area contributed by atoms with E-state index in [4.69, 9.17) is 4.74 Å². The number of aromatic hydroxyl groups is 1. The third-order valence-corrected chi connectivity index (χ3v) is 7.32. The lowest BCUT2D eigenvalue weighted by Crippen LogP contribution is -2.50. The summed E-state index contributed by atoms with van der Waals surface area (Å²) in [7, 11) is 0. The molecule has 5 rings (SSSR count). The number of nitrogens with one attached hydrogen (secondary N) is 1. The summed E-state index contributed by atoms with van der Waals surface area (Å²) in [5, 5.41) is 14.2. The van der Waals surface area contributed by atoms with Gasteiger partial charge in [-0.1, -0.05) is 12.8 Å². The van der Waals surface area contributed by atoms with Crippen molar-refractivity contribution in [3.05, 3.63) is 34.2 Å². The second kappa shape index (κ2) is 8.24. The van der Waals surface area contributed by atoms with Gasteiger partial charge in [0.25, 0.3) is 11.5 Å². The Morgan fingerprint density at radius 1 is 1.23 bits per heavy atom. The highest BCUT2D eigenvalue weighted by atomic mass is 16.5. The van der Waals surface area contributed by atoms with Gasteiger partial charge in [0.1, 0.15) is 17.0 Å². The summed E-state index contributed by atoms with van der Waals surface area (Å²) in [6, 6.07) is 3.49. The third kappa shape index (κ3) is 3.83. The molecular formula is C23H30N4O4. The Hall–Kier alpha value is -2.45. The first kappa shape index (κ1) is 20.5. The van der Waals surface area contributed by atoms with Crippen LogP contribution in [0.2, 0.25) is 0 Å². The van der Waals surface area contributed by atoms with Crippen LogP contribution in [0.25, 0.3) is 11.0 Å². The van der Waals surface area contributed by atoms with Crippen molar-refractivity contribution in [2.24, 2.45) is 5.41 Å². The minimum atomic E-state index is -0.482. The van der Waals surface area contributed by atoms with E-state index in [0.29, 0.717) is 42.8 Å². The molecule has 8 nitrogen and oxygen atoms in total. The van der Waals surface area contributed by atoms with Crippen molar-refractivity contribution < 1.29 is 14.6 Å². The van der Waals surface area contributed by atoms with Gasteiger partial charge in [-0.3, -0.25) is 19.1 Å². The first-order valence-corrected chi connectivity index (χ1v) is 11.4. The SMILES string of the molecule is O=C(NC1CC2(CCCC2)C1)c1c(O)c2cccnc2n(CCN2CCOCC2)c1=O. The van der Waals surface area contributed by atoms with Gasteiger partial charge in [0.05, 0.1) is 18.6 Å². The van der Waals surface area contributed by atoms with Crippen molar-refractivity contribution in [3.8, 4) is 5.75 Å². The van der Waals surface area contributed by atoms with Gasteiger partial charge in [0, 0.05) is 38.4 Å². The quantitative estimate of drug-likeness (QED) is 0.758. The van der Waals surface area contributed by atoms with Gasteiger partial charge in [0.15, 0.2) is 0 Å². The standard InChI is InChI=1S/C23H30N4O4/c28-19-17-4-3-7-24-20(17)27(9-8-26-10-12-31-13-11-26)22(30)18(19)21(29)25-16-14-23(15-16)5-1-2-6-23/h3-4,7,16,28H,1-2,5-6,8-15H2,(H,25,29). The van der Waals surface area contributed by atoms with E-state index in [9.17, 15) is 14.7 Å². The summed E-state index contributed by atoms with van der Waals surface area (Å²) in [5.41, 5.74) is 0.147. The van der Waals surface area contributed by atoms with Gasteiger partial charge in [-0.05, 0) is 43.2 Å². The van der Waals surface area contributed by atoms with Crippen LogP contribution in [0.15, 0.2) is 23.1 Å². The molecule has 2 aromatic heterocycles. The van der Waals surface area contributed by atoms with Crippen molar-refractivity contribution in [3.63, 3.8) is 0 Å². The number of nitrogens with zero attached hydrogens (tertiary/aromatic N) is 3. The predicted molar refractivity (Wildman–Crippen MR) is 116 cm³/mol. The number of carbonyl (C=O) groups excluding carboxylic acids is 1. The maximum atomic E-state index is 13.3. The highest BCUT2D eigenvalue weighted by molar-refractivity contribution is 6.01. The predicted octanol–water partition coefficient (Wildman–Crippen LogP) is 1.89. The van der Waals surface area contributed by atoms with E-state index < -0.39 is 11.5 Å². The largest absolute Gasteiger partial charge is 0.506 e. The summed E-state index contributed by atoms with van der Waals surface area (Å²) in [4.78, 5) is 32.9. The molecule has 2 N–H and O–H groups in total. The zero-order valence-electron chi connectivity index (χ0n) is 17.8. The van der Waals surface area contributed by atoms with Crippen molar-refractivity contribution in [1.82, 2.24) is 19.8 Å². The molecule has 1 spiro atoms. The number of fused-ring (bicyclic) bond motifs is 1. The number of morpholine rings is 1. The Labute approximate surface area is 181 Å². The summed E-state index contributed by atoms with van der Waals surface area (Å²) in [5.74, 6) is -0.755. The van der Waals surface area contributed by atoms with Gasteiger partial charge >= 0.3 is 0 Å². The molecule has 166 valence electrons. The van der Waals surface area contributed by atoms with Crippen molar-refractivity contribution in [1.29, 1.82) is 0 Å². The molecule has 1 amide bonds. The number of amides is 1. The summed E-state index contributed by atoms with van der Waals surface area (Å²) < 4.78 is 6.92. The molecule has 0 atom stereocenters. The molecular weight excluding hydrogens is 396 g/mol. The van der Waals surface area contributed by atoms with Crippen LogP contribution < -0.4 is 10.9 Å². The van der Waals surface area contributed by atoms with Gasteiger partial charge in [-0.15, -0.1) is 0 Å². The molecule has 0 radical (unpaired) electrons. The van der Waals surface area contributed by atoms with Crippen LogP contribution >= 0.6 is 0 Å². The smallest absolute Gasteiger partial charge is 0.268 e. The van der Waals surface area contributed by atoms with Crippen LogP contribution in [-0.2, 0) is 11.3 Å². The normalized spacial score (nSPS) is 21.4. The van der Waals surface area contributed by atoms with Crippen molar-refractivity contribution in [2.75, 3.05) is 32.8 Å². The monoisotopic (exact) mass is 426 g/mol. The molecule has 1 saturated heterocycles. The summed E-state index contributed by atoms with van der Waals surface area (Å²) in [6.45, 7) is 4.05. The fraction of sp³-hybridized carbons (Fsp3) is 0.609. The van der Waals surface area contributed by atoms with Crippen LogP contribution in [0.4, 0.5) is 0 Å². The van der Waals surface area contributed by atoms with E-state index in [0.717, 1.165) is 25.9 Å². The molecule has 31 heavy (non-hydrogen) atoms. The molecule has 3 heterocycles. The van der Waals surface area contributed by atoms with Crippen molar-refractivity contribution >= 4 is 16.9 Å². The lowest BCUT2D eigenvalue weighted by Gasteiger charge is -2.45. The topological polar surface area (TPSA) is 96.7 Å². The Bertz CT molecular complexity index is 1030. The number of hydrogen-bond acceptors (Lipinski definition) is 6.